The summed E-state index contributed by atoms with van der Waals surface area (Å²) < 4.78 is 22.3. The first-order chi connectivity index (χ1) is 32.2. The van der Waals surface area contributed by atoms with E-state index in [0.717, 1.165) is 24.8 Å². The summed E-state index contributed by atoms with van der Waals surface area (Å²) in [6.45, 7) is 15.8. The summed E-state index contributed by atoms with van der Waals surface area (Å²) in [6, 6.07) is 5.90. The molecular weight excluding hydrogens is 873 g/mol. The van der Waals surface area contributed by atoms with E-state index < -0.39 is 71.9 Å². The predicted octanol–water partition coefficient (Wildman–Crippen LogP) is 5.02. The van der Waals surface area contributed by atoms with Crippen LogP contribution in [0.3, 0.4) is 0 Å². The van der Waals surface area contributed by atoms with Crippen molar-refractivity contribution in [2.75, 3.05) is 41.5 Å². The summed E-state index contributed by atoms with van der Waals surface area (Å²) in [4.78, 5) is 100. The molecule has 1 aromatic carbocycles. The van der Waals surface area contributed by atoms with Gasteiger partial charge in [-0.05, 0) is 82.6 Å². The third kappa shape index (κ3) is 14.6. The van der Waals surface area contributed by atoms with Crippen molar-refractivity contribution in [1.82, 2.24) is 30.7 Å². The minimum absolute atomic E-state index is 0.00124. The Bertz CT molecular complexity index is 1850. The van der Waals surface area contributed by atoms with E-state index in [9.17, 15) is 33.6 Å². The number of carbonyl (C=O) groups is 7. The SMILES string of the molecule is CC[C@H](C)[C@@H]([C@@H](CC(=O)N1CCC[C@H]1[C@H](OC)[C@@H](C)C(=O)N[C@@H](Cc1ccccc1)C(=O)OC)OC)N(C)C(=O)[C@@H](NC(=O)[C@@H]1C2CC(C2)N1C(=O)CCCCCNC(=O)OC(C)(C)C)C(C)C. The van der Waals surface area contributed by atoms with Crippen molar-refractivity contribution in [1.29, 1.82) is 0 Å². The van der Waals surface area contributed by atoms with Gasteiger partial charge >= 0.3 is 12.1 Å². The molecule has 17 nitrogen and oxygen atoms in total. The number of likely N-dealkylation sites (N-methyl/N-ethyl adjacent to an activating group) is 1. The standard InChI is InChI=1S/C51H82N6O11/c1-13-32(4)43(39(65-10)30-41(59)56-26-20-23-38(56)45(66-11)33(5)46(60)53-37(49(63)67-12)27-34-21-16-14-17-22-34)55(9)48(62)42(31(2)3)54-47(61)44-35-28-36(29-35)57(44)40(58)24-18-15-19-25-52-50(64)68-51(6,7)8/h14,16-17,21-22,31-33,35-39,42-45H,13,15,18-20,23-30H2,1-12H3,(H,52,64)(H,53,60)(H,54,61)/t32-,33+,35?,36?,37-,38-,39+,42-,43-,44-,45+/m0/s1. The number of nitrogens with zero attached hydrogens (tertiary/aromatic N) is 3. The van der Waals surface area contributed by atoms with Crippen LogP contribution in [0.2, 0.25) is 0 Å². The molecule has 0 unspecified atom stereocenters. The molecule has 4 fully saturated rings. The molecule has 3 saturated heterocycles. The van der Waals surface area contributed by atoms with Gasteiger partial charge in [0.1, 0.15) is 23.7 Å². The van der Waals surface area contributed by atoms with Crippen LogP contribution in [0.1, 0.15) is 125 Å². The van der Waals surface area contributed by atoms with Gasteiger partial charge in [0.05, 0.1) is 43.7 Å². The molecule has 5 rings (SSSR count). The first kappa shape index (κ1) is 55.8. The predicted molar refractivity (Wildman–Crippen MR) is 257 cm³/mol. The molecule has 3 N–H and O–H groups in total. The molecule has 17 heteroatoms. The molecule has 1 saturated carbocycles. The quantitative estimate of drug-likeness (QED) is 0.0878. The van der Waals surface area contributed by atoms with Gasteiger partial charge in [-0.25, -0.2) is 9.59 Å². The van der Waals surface area contributed by atoms with Crippen LogP contribution in [-0.2, 0) is 54.1 Å². The Morgan fingerprint density at radius 1 is 0.882 bits per heavy atom. The van der Waals surface area contributed by atoms with Crippen LogP contribution in [0.4, 0.5) is 4.79 Å². The fourth-order valence-corrected chi connectivity index (χ4v) is 10.2. The number of benzene rings is 1. The van der Waals surface area contributed by atoms with E-state index in [1.54, 1.807) is 49.4 Å². The summed E-state index contributed by atoms with van der Waals surface area (Å²) in [7, 11) is 6.03. The Morgan fingerprint density at radius 2 is 1.56 bits per heavy atom. The number of esters is 1. The summed E-state index contributed by atoms with van der Waals surface area (Å²) >= 11 is 0. The highest BCUT2D eigenvalue weighted by Gasteiger charge is 2.56. The van der Waals surface area contributed by atoms with Crippen LogP contribution < -0.4 is 16.0 Å². The second kappa shape index (κ2) is 25.7. The smallest absolute Gasteiger partial charge is 0.407 e. The number of nitrogens with one attached hydrogen (secondary N) is 3. The Balaban J connectivity index is 1.40. The van der Waals surface area contributed by atoms with Gasteiger partial charge in [-0.15, -0.1) is 0 Å². The average molecular weight is 955 g/mol. The zero-order valence-corrected chi connectivity index (χ0v) is 42.8. The Kier molecular flexibility index (Phi) is 21.1. The highest BCUT2D eigenvalue weighted by atomic mass is 16.6. The molecule has 2 bridgehead atoms. The molecular formula is C51H82N6O11. The van der Waals surface area contributed by atoms with E-state index in [4.69, 9.17) is 18.9 Å². The largest absolute Gasteiger partial charge is 0.467 e. The van der Waals surface area contributed by atoms with Gasteiger partial charge in [0.15, 0.2) is 0 Å². The zero-order valence-electron chi connectivity index (χ0n) is 42.8. The summed E-state index contributed by atoms with van der Waals surface area (Å²) in [6.07, 6.45) is 4.15. The number of likely N-dealkylation sites (tertiary alicyclic amines) is 1. The molecule has 6 amide bonds. The zero-order chi connectivity index (χ0) is 50.5. The molecule has 1 aromatic rings. The summed E-state index contributed by atoms with van der Waals surface area (Å²) in [5, 5.41) is 8.66. The fourth-order valence-electron chi connectivity index (χ4n) is 10.2. The van der Waals surface area contributed by atoms with Gasteiger partial charge in [-0.1, -0.05) is 77.8 Å². The number of fused-ring (bicyclic) bond motifs is 1. The lowest BCUT2D eigenvalue weighted by molar-refractivity contribution is -0.149. The monoisotopic (exact) mass is 955 g/mol. The molecule has 3 aliphatic heterocycles. The van der Waals surface area contributed by atoms with E-state index in [0.29, 0.717) is 45.2 Å². The van der Waals surface area contributed by atoms with Crippen LogP contribution in [0.5, 0.6) is 0 Å². The lowest BCUT2D eigenvalue weighted by Crippen LogP contribution is -2.59. The number of hydrogen-bond donors (Lipinski definition) is 3. The summed E-state index contributed by atoms with van der Waals surface area (Å²) in [5.41, 5.74) is 0.280. The van der Waals surface area contributed by atoms with Gasteiger partial charge in [-0.2, -0.15) is 0 Å². The number of unbranched alkanes of at least 4 members (excludes halogenated alkanes) is 2. The van der Waals surface area contributed by atoms with E-state index >= 15 is 0 Å². The molecule has 0 aromatic heterocycles. The third-order valence-electron chi connectivity index (χ3n) is 14.2. The van der Waals surface area contributed by atoms with Gasteiger partial charge in [0.25, 0.3) is 0 Å². The van der Waals surface area contributed by atoms with Crippen molar-refractivity contribution in [2.24, 2.45) is 23.7 Å². The molecule has 3 heterocycles. The fraction of sp³-hybridized carbons (Fsp3) is 0.745. The normalized spacial score (nSPS) is 21.9. The molecule has 382 valence electrons. The van der Waals surface area contributed by atoms with Crippen molar-refractivity contribution >= 4 is 41.6 Å². The van der Waals surface area contributed by atoms with Gasteiger partial charge in [0.2, 0.25) is 29.5 Å². The van der Waals surface area contributed by atoms with Gasteiger partial charge < -0.3 is 49.6 Å². The van der Waals surface area contributed by atoms with Crippen LogP contribution in [-0.4, -0.2) is 152 Å². The van der Waals surface area contributed by atoms with Crippen molar-refractivity contribution in [3.8, 4) is 0 Å². The van der Waals surface area contributed by atoms with E-state index in [1.165, 1.54) is 21.3 Å². The van der Waals surface area contributed by atoms with Crippen LogP contribution >= 0.6 is 0 Å². The number of hydrogen-bond acceptors (Lipinski definition) is 11. The molecule has 0 radical (unpaired) electrons. The summed E-state index contributed by atoms with van der Waals surface area (Å²) in [5.74, 6) is -2.99. The molecule has 4 aliphatic rings. The van der Waals surface area contributed by atoms with Crippen LogP contribution in [0.15, 0.2) is 30.3 Å². The molecule has 0 spiro atoms. The number of alkyl carbamates (subject to hydrolysis) is 1. The van der Waals surface area contributed by atoms with Crippen molar-refractivity contribution in [3.05, 3.63) is 35.9 Å². The van der Waals surface area contributed by atoms with Crippen molar-refractivity contribution in [3.63, 3.8) is 0 Å². The van der Waals surface area contributed by atoms with E-state index in [2.05, 4.69) is 16.0 Å². The minimum atomic E-state index is -0.916. The second-order valence-corrected chi connectivity index (χ2v) is 20.5. The molecule has 1 aliphatic carbocycles. The minimum Gasteiger partial charge on any atom is -0.467 e. The van der Waals surface area contributed by atoms with E-state index in [1.807, 2.05) is 58.0 Å². The highest BCUT2D eigenvalue weighted by Crippen LogP contribution is 2.46. The van der Waals surface area contributed by atoms with Gasteiger partial charge in [0, 0.05) is 53.2 Å². The maximum atomic E-state index is 14.6. The van der Waals surface area contributed by atoms with Crippen LogP contribution in [0.25, 0.3) is 0 Å². The Morgan fingerprint density at radius 3 is 2.15 bits per heavy atom. The lowest BCUT2D eigenvalue weighted by atomic mass is 9.82. The Hall–Kier alpha value is -4.77. The van der Waals surface area contributed by atoms with E-state index in [-0.39, 0.29) is 66.7 Å². The highest BCUT2D eigenvalue weighted by molar-refractivity contribution is 5.94. The first-order valence-corrected chi connectivity index (χ1v) is 24.8. The second-order valence-electron chi connectivity index (χ2n) is 20.5. The first-order valence-electron chi connectivity index (χ1n) is 24.8. The number of amides is 6. The number of rotatable bonds is 25. The average Bonchev–Trinajstić information content (AvgIpc) is 4.03. The molecule has 68 heavy (non-hydrogen) atoms. The van der Waals surface area contributed by atoms with Crippen LogP contribution in [0, 0.1) is 23.7 Å². The maximum Gasteiger partial charge on any atom is 0.407 e. The lowest BCUT2D eigenvalue weighted by Gasteiger charge is -2.41. The Labute approximate surface area is 404 Å². The van der Waals surface area contributed by atoms with Crippen molar-refractivity contribution in [2.45, 2.75) is 180 Å². The number of carbonyl (C=O) groups excluding carboxylic acids is 7. The van der Waals surface area contributed by atoms with Gasteiger partial charge in [-0.3, -0.25) is 24.0 Å². The third-order valence-corrected chi connectivity index (χ3v) is 14.2. The number of methoxy groups -OCH3 is 3. The molecule has 9 atom stereocenters. The number of ether oxygens (including phenoxy) is 4. The maximum absolute atomic E-state index is 14.6. The van der Waals surface area contributed by atoms with Crippen molar-refractivity contribution < 1.29 is 52.5 Å². The topological polar surface area (TPSA) is 202 Å².